The van der Waals surface area contributed by atoms with E-state index in [1.807, 2.05) is 30.3 Å². The fourth-order valence-corrected chi connectivity index (χ4v) is 2.47. The largest absolute Gasteiger partial charge is 0.480 e. The van der Waals surface area contributed by atoms with Gasteiger partial charge >= 0.3 is 5.97 Å². The number of halogens is 1. The SMILES string of the molecule is O=C(N[C@@H](Cc1ccc2ccccc2n1)C(=O)O)c1ccc(F)cc1. The smallest absolute Gasteiger partial charge is 0.326 e. The van der Waals surface area contributed by atoms with E-state index in [-0.39, 0.29) is 12.0 Å². The number of pyridine rings is 1. The van der Waals surface area contributed by atoms with Crippen molar-refractivity contribution in [3.63, 3.8) is 0 Å². The molecule has 0 bridgehead atoms. The zero-order valence-corrected chi connectivity index (χ0v) is 13.1. The Labute approximate surface area is 143 Å². The Morgan fingerprint density at radius 3 is 2.48 bits per heavy atom. The quantitative estimate of drug-likeness (QED) is 0.750. The first-order chi connectivity index (χ1) is 12.0. The molecule has 0 spiro atoms. The summed E-state index contributed by atoms with van der Waals surface area (Å²) in [4.78, 5) is 28.1. The summed E-state index contributed by atoms with van der Waals surface area (Å²) in [6.45, 7) is 0. The molecule has 0 aliphatic heterocycles. The number of rotatable bonds is 5. The van der Waals surface area contributed by atoms with E-state index in [1.54, 1.807) is 6.07 Å². The molecule has 5 nitrogen and oxygen atoms in total. The number of carboxylic acid groups (broad SMARTS) is 1. The topological polar surface area (TPSA) is 79.3 Å². The predicted octanol–water partition coefficient (Wildman–Crippen LogP) is 2.80. The summed E-state index contributed by atoms with van der Waals surface area (Å²) in [7, 11) is 0. The second-order valence-electron chi connectivity index (χ2n) is 5.57. The maximum atomic E-state index is 12.9. The number of nitrogens with zero attached hydrogens (tertiary/aromatic N) is 1. The molecular formula is C19H15FN2O3. The molecule has 25 heavy (non-hydrogen) atoms. The van der Waals surface area contributed by atoms with Gasteiger partial charge in [-0.2, -0.15) is 0 Å². The highest BCUT2D eigenvalue weighted by Gasteiger charge is 2.22. The van der Waals surface area contributed by atoms with Crippen LogP contribution in [0.5, 0.6) is 0 Å². The number of aliphatic carboxylic acids is 1. The highest BCUT2D eigenvalue weighted by atomic mass is 19.1. The van der Waals surface area contributed by atoms with E-state index >= 15 is 0 Å². The standard InChI is InChI=1S/C19H15FN2O3/c20-14-8-5-13(6-9-14)18(23)22-17(19(24)25)11-15-10-7-12-3-1-2-4-16(12)21-15/h1-10,17H,11H2,(H,22,23)(H,24,25)/t17-/m0/s1. The van der Waals surface area contributed by atoms with Gasteiger partial charge in [-0.05, 0) is 36.4 Å². The number of fused-ring (bicyclic) bond motifs is 1. The lowest BCUT2D eigenvalue weighted by atomic mass is 10.1. The van der Waals surface area contributed by atoms with Crippen LogP contribution in [0.25, 0.3) is 10.9 Å². The third kappa shape index (κ3) is 3.98. The number of benzene rings is 2. The molecule has 2 aromatic carbocycles. The summed E-state index contributed by atoms with van der Waals surface area (Å²) in [6, 6.07) is 14.9. The van der Waals surface area contributed by atoms with Crippen molar-refractivity contribution >= 4 is 22.8 Å². The summed E-state index contributed by atoms with van der Waals surface area (Å²) < 4.78 is 12.9. The van der Waals surface area contributed by atoms with Crippen LogP contribution in [-0.2, 0) is 11.2 Å². The minimum absolute atomic E-state index is 0.0487. The van der Waals surface area contributed by atoms with E-state index in [0.717, 1.165) is 23.0 Å². The minimum atomic E-state index is -1.16. The molecule has 1 amide bonds. The summed E-state index contributed by atoms with van der Waals surface area (Å²) in [6.07, 6.45) is 0.0487. The van der Waals surface area contributed by atoms with Gasteiger partial charge in [-0.1, -0.05) is 24.3 Å². The van der Waals surface area contributed by atoms with Crippen LogP contribution in [0.1, 0.15) is 16.1 Å². The van der Waals surface area contributed by atoms with Crippen LogP contribution in [0.4, 0.5) is 4.39 Å². The predicted molar refractivity (Wildman–Crippen MR) is 90.7 cm³/mol. The summed E-state index contributed by atoms with van der Waals surface area (Å²) in [5.74, 6) is -2.20. The van der Waals surface area contributed by atoms with Crippen molar-refractivity contribution in [3.05, 3.63) is 77.7 Å². The maximum Gasteiger partial charge on any atom is 0.326 e. The Hall–Kier alpha value is -3.28. The first-order valence-corrected chi connectivity index (χ1v) is 7.67. The number of carbonyl (C=O) groups excluding carboxylic acids is 1. The molecule has 0 radical (unpaired) electrons. The molecule has 126 valence electrons. The van der Waals surface area contributed by atoms with Crippen molar-refractivity contribution in [1.29, 1.82) is 0 Å². The third-order valence-electron chi connectivity index (χ3n) is 3.78. The Morgan fingerprint density at radius 2 is 1.76 bits per heavy atom. The van der Waals surface area contributed by atoms with Gasteiger partial charge in [0.1, 0.15) is 11.9 Å². The average molecular weight is 338 g/mol. The van der Waals surface area contributed by atoms with Gasteiger partial charge in [0.25, 0.3) is 5.91 Å². The number of aromatic nitrogens is 1. The molecule has 1 aromatic heterocycles. The van der Waals surface area contributed by atoms with Gasteiger partial charge < -0.3 is 10.4 Å². The van der Waals surface area contributed by atoms with Crippen LogP contribution < -0.4 is 5.32 Å². The van der Waals surface area contributed by atoms with Gasteiger partial charge in [-0.15, -0.1) is 0 Å². The first-order valence-electron chi connectivity index (χ1n) is 7.67. The molecule has 0 saturated carbocycles. The molecular weight excluding hydrogens is 323 g/mol. The number of carbonyl (C=O) groups is 2. The van der Waals surface area contributed by atoms with Gasteiger partial charge in [0.2, 0.25) is 0 Å². The normalized spacial score (nSPS) is 11.9. The Morgan fingerprint density at radius 1 is 1.04 bits per heavy atom. The number of nitrogens with one attached hydrogen (secondary N) is 1. The molecule has 0 aliphatic rings. The minimum Gasteiger partial charge on any atom is -0.480 e. The van der Waals surface area contributed by atoms with Crippen LogP contribution in [0.15, 0.2) is 60.7 Å². The fourth-order valence-electron chi connectivity index (χ4n) is 2.47. The molecule has 1 heterocycles. The molecule has 6 heteroatoms. The van der Waals surface area contributed by atoms with Gasteiger partial charge in [0.15, 0.2) is 0 Å². The van der Waals surface area contributed by atoms with Gasteiger partial charge in [0, 0.05) is 23.1 Å². The Bertz CT molecular complexity index is 925. The molecule has 2 N–H and O–H groups in total. The molecule has 0 saturated heterocycles. The molecule has 0 aliphatic carbocycles. The Balaban J connectivity index is 1.77. The first kappa shape index (κ1) is 16.6. The van der Waals surface area contributed by atoms with Crippen molar-refractivity contribution in [2.24, 2.45) is 0 Å². The van der Waals surface area contributed by atoms with Crippen LogP contribution in [0, 0.1) is 5.82 Å². The number of carboxylic acids is 1. The van der Waals surface area contributed by atoms with Crippen molar-refractivity contribution in [2.75, 3.05) is 0 Å². The fraction of sp³-hybridized carbons (Fsp3) is 0.105. The van der Waals surface area contributed by atoms with E-state index in [1.165, 1.54) is 12.1 Å². The lowest BCUT2D eigenvalue weighted by Crippen LogP contribution is -2.42. The van der Waals surface area contributed by atoms with Crippen molar-refractivity contribution in [2.45, 2.75) is 12.5 Å². The summed E-state index contributed by atoms with van der Waals surface area (Å²) in [5.41, 5.74) is 1.51. The van der Waals surface area contributed by atoms with Crippen LogP contribution in [0.3, 0.4) is 0 Å². The monoisotopic (exact) mass is 338 g/mol. The number of hydrogen-bond donors (Lipinski definition) is 2. The zero-order chi connectivity index (χ0) is 17.8. The highest BCUT2D eigenvalue weighted by molar-refractivity contribution is 5.96. The van der Waals surface area contributed by atoms with Gasteiger partial charge in [-0.25, -0.2) is 9.18 Å². The van der Waals surface area contributed by atoms with Crippen LogP contribution >= 0.6 is 0 Å². The lowest BCUT2D eigenvalue weighted by molar-refractivity contribution is -0.139. The van der Waals surface area contributed by atoms with Gasteiger partial charge in [0.05, 0.1) is 5.52 Å². The van der Waals surface area contributed by atoms with Crippen molar-refractivity contribution in [3.8, 4) is 0 Å². The second kappa shape index (κ2) is 7.09. The molecule has 0 fully saturated rings. The average Bonchev–Trinajstić information content (AvgIpc) is 2.61. The van der Waals surface area contributed by atoms with Crippen LogP contribution in [-0.4, -0.2) is 28.0 Å². The molecule has 1 atom stereocenters. The van der Waals surface area contributed by atoms with Crippen molar-refractivity contribution < 1.29 is 19.1 Å². The second-order valence-corrected chi connectivity index (χ2v) is 5.57. The third-order valence-corrected chi connectivity index (χ3v) is 3.78. The molecule has 0 unspecified atom stereocenters. The summed E-state index contributed by atoms with van der Waals surface area (Å²) >= 11 is 0. The van der Waals surface area contributed by atoms with Crippen molar-refractivity contribution in [1.82, 2.24) is 10.3 Å². The van der Waals surface area contributed by atoms with Crippen LogP contribution in [0.2, 0.25) is 0 Å². The number of hydrogen-bond acceptors (Lipinski definition) is 3. The summed E-state index contributed by atoms with van der Waals surface area (Å²) in [5, 5.41) is 12.8. The van der Waals surface area contributed by atoms with E-state index in [2.05, 4.69) is 10.3 Å². The lowest BCUT2D eigenvalue weighted by Gasteiger charge is -2.14. The Kier molecular flexibility index (Phi) is 4.70. The number of amides is 1. The molecule has 3 rings (SSSR count). The van der Waals surface area contributed by atoms with E-state index in [4.69, 9.17) is 0 Å². The van der Waals surface area contributed by atoms with Gasteiger partial charge in [-0.3, -0.25) is 9.78 Å². The maximum absolute atomic E-state index is 12.9. The van der Waals surface area contributed by atoms with E-state index in [0.29, 0.717) is 5.69 Å². The number of para-hydroxylation sites is 1. The van der Waals surface area contributed by atoms with E-state index in [9.17, 15) is 19.1 Å². The highest BCUT2D eigenvalue weighted by Crippen LogP contribution is 2.13. The van der Waals surface area contributed by atoms with E-state index < -0.39 is 23.7 Å². The zero-order valence-electron chi connectivity index (χ0n) is 13.1. The molecule has 3 aromatic rings.